The van der Waals surface area contributed by atoms with Crippen LogP contribution in [0.2, 0.25) is 0 Å². The lowest BCUT2D eigenvalue weighted by Crippen LogP contribution is -2.29. The molecule has 0 bridgehead atoms. The highest BCUT2D eigenvalue weighted by molar-refractivity contribution is 5.75. The van der Waals surface area contributed by atoms with Crippen molar-refractivity contribution in [3.63, 3.8) is 0 Å². The van der Waals surface area contributed by atoms with Crippen LogP contribution < -0.4 is 4.74 Å². The number of halogens is 1. The Labute approximate surface area is 179 Å². The van der Waals surface area contributed by atoms with Crippen LogP contribution in [0.5, 0.6) is 5.75 Å². The molecule has 0 spiro atoms. The first-order valence-corrected chi connectivity index (χ1v) is 11.3. The molecule has 0 atom stereocenters. The van der Waals surface area contributed by atoms with Gasteiger partial charge in [0.15, 0.2) is 0 Å². The average Bonchev–Trinajstić information content (AvgIpc) is 2.78. The number of rotatable bonds is 10. The first-order chi connectivity index (χ1) is 14.7. The summed E-state index contributed by atoms with van der Waals surface area (Å²) in [5, 5.41) is 0. The Morgan fingerprint density at radius 1 is 0.867 bits per heavy atom. The van der Waals surface area contributed by atoms with Crippen LogP contribution in [0.15, 0.2) is 48.5 Å². The van der Waals surface area contributed by atoms with Crippen molar-refractivity contribution in [2.45, 2.75) is 70.8 Å². The zero-order valence-corrected chi connectivity index (χ0v) is 17.9. The summed E-state index contributed by atoms with van der Waals surface area (Å²) < 4.78 is 24.7. The van der Waals surface area contributed by atoms with Gasteiger partial charge in [0.05, 0.1) is 12.0 Å². The van der Waals surface area contributed by atoms with Gasteiger partial charge < -0.3 is 9.47 Å². The third-order valence-electron chi connectivity index (χ3n) is 5.86. The number of carbonyl (C=O) groups excluding carboxylic acids is 1. The molecule has 1 fully saturated rings. The molecule has 0 saturated heterocycles. The van der Waals surface area contributed by atoms with Gasteiger partial charge in [-0.15, -0.1) is 0 Å². The van der Waals surface area contributed by atoms with Crippen molar-refractivity contribution >= 4 is 5.97 Å². The molecule has 0 N–H and O–H groups in total. The van der Waals surface area contributed by atoms with Crippen LogP contribution in [0.1, 0.15) is 64.7 Å². The van der Waals surface area contributed by atoms with E-state index in [1.807, 2.05) is 12.1 Å². The molecule has 4 heteroatoms. The van der Waals surface area contributed by atoms with Crippen LogP contribution in [0, 0.1) is 11.7 Å². The molecule has 1 saturated carbocycles. The van der Waals surface area contributed by atoms with Gasteiger partial charge in [0.1, 0.15) is 11.6 Å². The monoisotopic (exact) mass is 412 g/mol. The highest BCUT2D eigenvalue weighted by atomic mass is 19.1. The van der Waals surface area contributed by atoms with E-state index >= 15 is 0 Å². The van der Waals surface area contributed by atoms with E-state index in [9.17, 15) is 9.18 Å². The van der Waals surface area contributed by atoms with E-state index in [0.29, 0.717) is 5.75 Å². The molecule has 0 radical (unpaired) electrons. The maximum absolute atomic E-state index is 13.1. The summed E-state index contributed by atoms with van der Waals surface area (Å²) in [7, 11) is 0. The van der Waals surface area contributed by atoms with Crippen molar-refractivity contribution in [2.75, 3.05) is 6.61 Å². The zero-order valence-electron chi connectivity index (χ0n) is 17.9. The molecule has 1 aliphatic carbocycles. The minimum atomic E-state index is -0.253. The first-order valence-electron chi connectivity index (χ1n) is 11.3. The molecule has 3 nitrogen and oxygen atoms in total. The average molecular weight is 413 g/mol. The molecule has 0 aromatic heterocycles. The van der Waals surface area contributed by atoms with Crippen molar-refractivity contribution < 1.29 is 18.7 Å². The molecule has 1 aliphatic rings. The number of esters is 1. The zero-order chi connectivity index (χ0) is 21.2. The summed E-state index contributed by atoms with van der Waals surface area (Å²) in [4.78, 5) is 12.5. The summed E-state index contributed by atoms with van der Waals surface area (Å²) in [5.41, 5.74) is 1.89. The van der Waals surface area contributed by atoms with Crippen LogP contribution in [0.4, 0.5) is 4.39 Å². The summed E-state index contributed by atoms with van der Waals surface area (Å²) in [5.74, 6) is 0.0986. The minimum absolute atomic E-state index is 0.0498. The second-order valence-corrected chi connectivity index (χ2v) is 8.21. The van der Waals surface area contributed by atoms with Gasteiger partial charge in [-0.3, -0.25) is 4.79 Å². The second kappa shape index (κ2) is 11.8. The van der Waals surface area contributed by atoms with Gasteiger partial charge in [-0.1, -0.05) is 56.9 Å². The smallest absolute Gasteiger partial charge is 0.314 e. The third-order valence-corrected chi connectivity index (χ3v) is 5.86. The summed E-state index contributed by atoms with van der Waals surface area (Å²) >= 11 is 0. The van der Waals surface area contributed by atoms with Gasteiger partial charge >= 0.3 is 5.97 Å². The maximum Gasteiger partial charge on any atom is 0.314 e. The van der Waals surface area contributed by atoms with Gasteiger partial charge in [0.25, 0.3) is 0 Å². The van der Waals surface area contributed by atoms with E-state index < -0.39 is 0 Å². The number of benzene rings is 2. The molecule has 2 aromatic carbocycles. The Morgan fingerprint density at radius 3 is 2.10 bits per heavy atom. The normalized spacial score (nSPS) is 18.9. The summed E-state index contributed by atoms with van der Waals surface area (Å²) in [6.45, 7) is 3.06. The fourth-order valence-corrected chi connectivity index (χ4v) is 3.98. The van der Waals surface area contributed by atoms with E-state index in [4.69, 9.17) is 9.47 Å². The highest BCUT2D eigenvalue weighted by Gasteiger charge is 2.28. The molecule has 0 heterocycles. The van der Waals surface area contributed by atoms with Crippen molar-refractivity contribution in [3.8, 4) is 16.9 Å². The molecular formula is C26H33FO3. The third kappa shape index (κ3) is 6.94. The number of carbonyl (C=O) groups is 1. The lowest BCUT2D eigenvalue weighted by molar-refractivity contribution is -0.141. The van der Waals surface area contributed by atoms with Gasteiger partial charge in [0.2, 0.25) is 0 Å². The Hall–Kier alpha value is -2.20. The molecule has 0 unspecified atom stereocenters. The topological polar surface area (TPSA) is 35.5 Å². The van der Waals surface area contributed by atoms with E-state index in [1.165, 1.54) is 37.8 Å². The Morgan fingerprint density at radius 2 is 1.47 bits per heavy atom. The van der Waals surface area contributed by atoms with E-state index in [0.717, 1.165) is 49.8 Å². The molecule has 162 valence electrons. The lowest BCUT2D eigenvalue weighted by Gasteiger charge is -2.27. The summed E-state index contributed by atoms with van der Waals surface area (Å²) in [6.07, 6.45) is 10.0. The maximum atomic E-state index is 13.1. The molecule has 0 aliphatic heterocycles. The minimum Gasteiger partial charge on any atom is -0.426 e. The second-order valence-electron chi connectivity index (χ2n) is 8.21. The standard InChI is InChI=1S/C26H33FO3/c1-2-3-4-5-6-19-29-24-15-11-22(12-16-24)26(28)30-25-17-9-21(10-18-25)20-7-13-23(27)14-8-20/h7-10,13-14,17-18,22,24H,2-6,11-12,15-16,19H2,1H3/t22-,24-. The fourth-order valence-electron chi connectivity index (χ4n) is 3.98. The molecular weight excluding hydrogens is 379 g/mol. The Bertz CT molecular complexity index is 762. The SMILES string of the molecule is CCCCCCCO[C@H]1CC[C@H](C(=O)Oc2ccc(-c3ccc(F)cc3)cc2)CC1. The van der Waals surface area contributed by atoms with Crippen molar-refractivity contribution in [3.05, 3.63) is 54.3 Å². The summed E-state index contributed by atoms with van der Waals surface area (Å²) in [6, 6.07) is 13.7. The van der Waals surface area contributed by atoms with Gasteiger partial charge in [-0.25, -0.2) is 4.39 Å². The van der Waals surface area contributed by atoms with Crippen molar-refractivity contribution in [1.82, 2.24) is 0 Å². The van der Waals surface area contributed by atoms with Crippen LogP contribution in [-0.2, 0) is 9.53 Å². The predicted octanol–water partition coefficient (Wildman–Crippen LogP) is 6.94. The van der Waals surface area contributed by atoms with Gasteiger partial charge in [-0.2, -0.15) is 0 Å². The molecule has 30 heavy (non-hydrogen) atoms. The Kier molecular flexibility index (Phi) is 8.88. The van der Waals surface area contributed by atoms with Crippen molar-refractivity contribution in [1.29, 1.82) is 0 Å². The Balaban J connectivity index is 1.39. The largest absolute Gasteiger partial charge is 0.426 e. The fraction of sp³-hybridized carbons (Fsp3) is 0.500. The van der Waals surface area contributed by atoms with Crippen LogP contribution in [-0.4, -0.2) is 18.7 Å². The lowest BCUT2D eigenvalue weighted by atomic mass is 9.87. The molecule has 3 rings (SSSR count). The van der Waals surface area contributed by atoms with E-state index in [-0.39, 0.29) is 23.8 Å². The van der Waals surface area contributed by atoms with Crippen LogP contribution in [0.3, 0.4) is 0 Å². The van der Waals surface area contributed by atoms with E-state index in [2.05, 4.69) is 6.92 Å². The van der Waals surface area contributed by atoms with Gasteiger partial charge in [0, 0.05) is 6.61 Å². The predicted molar refractivity (Wildman–Crippen MR) is 118 cm³/mol. The number of hydrogen-bond acceptors (Lipinski definition) is 3. The molecule has 2 aromatic rings. The number of unbranched alkanes of at least 4 members (excludes halogenated alkanes) is 4. The van der Waals surface area contributed by atoms with E-state index in [1.54, 1.807) is 24.3 Å². The van der Waals surface area contributed by atoms with Crippen molar-refractivity contribution in [2.24, 2.45) is 5.92 Å². The highest BCUT2D eigenvalue weighted by Crippen LogP contribution is 2.29. The quantitative estimate of drug-likeness (QED) is 0.241. The van der Waals surface area contributed by atoms with Gasteiger partial charge in [-0.05, 0) is 67.5 Å². The molecule has 0 amide bonds. The number of hydrogen-bond donors (Lipinski definition) is 0. The van der Waals surface area contributed by atoms with Crippen LogP contribution >= 0.6 is 0 Å². The first kappa shape index (κ1) is 22.5. The van der Waals surface area contributed by atoms with Crippen LogP contribution in [0.25, 0.3) is 11.1 Å². The number of ether oxygens (including phenoxy) is 2.